The molecule has 0 radical (unpaired) electrons. The molecule has 4 aromatic rings. The van der Waals surface area contributed by atoms with Gasteiger partial charge < -0.3 is 10.2 Å². The number of nitrogens with zero attached hydrogens (tertiary/aromatic N) is 4. The van der Waals surface area contributed by atoms with Crippen molar-refractivity contribution in [1.29, 1.82) is 0 Å². The first-order valence-corrected chi connectivity index (χ1v) is 14.2. The molecule has 7 rings (SSSR count). The van der Waals surface area contributed by atoms with Gasteiger partial charge in [0, 0.05) is 41.5 Å². The van der Waals surface area contributed by atoms with Gasteiger partial charge in [0.1, 0.15) is 6.54 Å². The predicted molar refractivity (Wildman–Crippen MR) is 158 cm³/mol. The molecule has 1 saturated heterocycles. The van der Waals surface area contributed by atoms with Gasteiger partial charge in [-0.25, -0.2) is 15.4 Å². The minimum absolute atomic E-state index is 0.189. The van der Waals surface area contributed by atoms with Gasteiger partial charge in [-0.3, -0.25) is 19.0 Å². The van der Waals surface area contributed by atoms with E-state index in [9.17, 15) is 9.59 Å². The van der Waals surface area contributed by atoms with Crippen LogP contribution in [0.1, 0.15) is 29.5 Å². The van der Waals surface area contributed by atoms with Gasteiger partial charge in [0.15, 0.2) is 16.8 Å². The fourth-order valence-corrected chi connectivity index (χ4v) is 6.68. The lowest BCUT2D eigenvalue weighted by Crippen LogP contribution is -2.38. The van der Waals surface area contributed by atoms with E-state index in [0.29, 0.717) is 23.8 Å². The Hall–Kier alpha value is -4.21. The summed E-state index contributed by atoms with van der Waals surface area (Å²) in [4.78, 5) is 43.7. The highest BCUT2D eigenvalue weighted by molar-refractivity contribution is 6.32. The minimum atomic E-state index is -0.320. The topological polar surface area (TPSA) is 101 Å². The quantitative estimate of drug-likeness (QED) is 0.363. The van der Waals surface area contributed by atoms with Gasteiger partial charge in [0.05, 0.1) is 12.3 Å². The fraction of sp³-hybridized carbons (Fsp3) is 0.290. The summed E-state index contributed by atoms with van der Waals surface area (Å²) in [7, 11) is 0. The monoisotopic (exact) mass is 568 g/mol. The van der Waals surface area contributed by atoms with E-state index >= 15 is 0 Å². The van der Waals surface area contributed by atoms with Gasteiger partial charge in [0.2, 0.25) is 5.91 Å². The summed E-state index contributed by atoms with van der Waals surface area (Å²) in [6, 6.07) is 19.4. The lowest BCUT2D eigenvalue weighted by Gasteiger charge is -2.34. The summed E-state index contributed by atoms with van der Waals surface area (Å²) in [6.07, 6.45) is 5.35. The molecule has 1 aliphatic carbocycles. The number of carbonyl (C=O) groups excluding carboxylic acids is 1. The Bertz CT molecular complexity index is 1700. The smallest absolute Gasteiger partial charge is 0.294 e. The molecular weight excluding hydrogens is 540 g/mol. The summed E-state index contributed by atoms with van der Waals surface area (Å²) >= 11 is 6.69. The number of nitrogens with one attached hydrogen (secondary N) is 2. The Kier molecular flexibility index (Phi) is 6.48. The van der Waals surface area contributed by atoms with Crippen molar-refractivity contribution in [1.82, 2.24) is 14.5 Å². The second-order valence-corrected chi connectivity index (χ2v) is 11.3. The van der Waals surface area contributed by atoms with Crippen LogP contribution < -0.4 is 21.3 Å². The van der Waals surface area contributed by atoms with E-state index in [1.54, 1.807) is 6.20 Å². The average Bonchev–Trinajstić information content (AvgIpc) is 3.64. The van der Waals surface area contributed by atoms with Crippen molar-refractivity contribution >= 4 is 34.8 Å². The number of amides is 1. The summed E-state index contributed by atoms with van der Waals surface area (Å²) in [5.74, 6) is 0.733. The van der Waals surface area contributed by atoms with E-state index in [1.807, 2.05) is 53.4 Å². The molecule has 0 bridgehead atoms. The SMILES string of the molecule is O=C(Cn1c(-c2ccccc2)c(Cl)nc(N2CCCC2)c1=O)Nc1ccc2c(c1)CC1(CONc3ncccc31)C2. The number of aromatic nitrogens is 3. The molecule has 1 amide bonds. The number of carbonyl (C=O) groups is 1. The lowest BCUT2D eigenvalue weighted by molar-refractivity contribution is -0.116. The van der Waals surface area contributed by atoms with Crippen LogP contribution in [-0.2, 0) is 34.4 Å². The molecule has 208 valence electrons. The molecule has 10 heteroatoms. The fourth-order valence-electron chi connectivity index (χ4n) is 6.39. The van der Waals surface area contributed by atoms with Crippen LogP contribution >= 0.6 is 11.6 Å². The zero-order valence-electron chi connectivity index (χ0n) is 22.4. The van der Waals surface area contributed by atoms with Gasteiger partial charge in [-0.05, 0) is 55.0 Å². The molecule has 9 nitrogen and oxygen atoms in total. The summed E-state index contributed by atoms with van der Waals surface area (Å²) < 4.78 is 1.45. The van der Waals surface area contributed by atoms with Crippen molar-refractivity contribution in [3.8, 4) is 11.3 Å². The van der Waals surface area contributed by atoms with Crippen LogP contribution in [0.25, 0.3) is 11.3 Å². The Morgan fingerprint density at radius 3 is 2.68 bits per heavy atom. The van der Waals surface area contributed by atoms with Crippen LogP contribution in [-0.4, -0.2) is 40.1 Å². The lowest BCUT2D eigenvalue weighted by atomic mass is 9.78. The first kappa shape index (κ1) is 25.7. The molecule has 0 saturated carbocycles. The maximum Gasteiger partial charge on any atom is 0.294 e. The third kappa shape index (κ3) is 4.65. The van der Waals surface area contributed by atoms with E-state index in [-0.39, 0.29) is 28.6 Å². The van der Waals surface area contributed by atoms with Gasteiger partial charge in [-0.2, -0.15) is 0 Å². The zero-order valence-corrected chi connectivity index (χ0v) is 23.2. The van der Waals surface area contributed by atoms with Gasteiger partial charge in [-0.1, -0.05) is 54.1 Å². The van der Waals surface area contributed by atoms with Crippen molar-refractivity contribution in [3.63, 3.8) is 0 Å². The maximum absolute atomic E-state index is 13.7. The normalized spacial score (nSPS) is 19.1. The molecule has 4 heterocycles. The largest absolute Gasteiger partial charge is 0.352 e. The molecule has 1 unspecified atom stereocenters. The number of anilines is 3. The third-order valence-corrected chi connectivity index (χ3v) is 8.57. The Morgan fingerprint density at radius 2 is 1.85 bits per heavy atom. The zero-order chi connectivity index (χ0) is 28.0. The first-order chi connectivity index (χ1) is 20.0. The average molecular weight is 569 g/mol. The number of halogens is 1. The molecule has 1 spiro atoms. The second-order valence-electron chi connectivity index (χ2n) is 11.0. The standard InChI is InChI=1S/C31H29ClN6O3/c32-27-26(20-7-2-1-3-8-20)38(30(40)29(35-27)37-13-4-5-14-37)18-25(39)34-23-11-10-21-16-31(17-22(21)15-23)19-41-36-28-24(31)9-6-12-33-28/h1-3,6-12,15H,4-5,13-14,16-19H2,(H,33,36)(H,34,39). The number of pyridine rings is 1. The Labute approximate surface area is 242 Å². The molecule has 3 aliphatic rings. The molecule has 41 heavy (non-hydrogen) atoms. The van der Waals surface area contributed by atoms with Crippen molar-refractivity contribution in [3.05, 3.63) is 99.1 Å². The van der Waals surface area contributed by atoms with Gasteiger partial charge in [0.25, 0.3) is 5.56 Å². The predicted octanol–water partition coefficient (Wildman–Crippen LogP) is 4.59. The number of fused-ring (bicyclic) bond motifs is 3. The van der Waals surface area contributed by atoms with E-state index in [4.69, 9.17) is 16.4 Å². The van der Waals surface area contributed by atoms with E-state index in [1.165, 1.54) is 10.1 Å². The molecule has 2 aromatic heterocycles. The third-order valence-electron chi connectivity index (χ3n) is 8.30. The Morgan fingerprint density at radius 1 is 1.05 bits per heavy atom. The van der Waals surface area contributed by atoms with Crippen molar-refractivity contribution < 1.29 is 9.63 Å². The summed E-state index contributed by atoms with van der Waals surface area (Å²) in [6.45, 7) is 1.84. The minimum Gasteiger partial charge on any atom is -0.352 e. The van der Waals surface area contributed by atoms with Crippen molar-refractivity contribution in [2.45, 2.75) is 37.6 Å². The molecule has 1 atom stereocenters. The van der Waals surface area contributed by atoms with Crippen molar-refractivity contribution in [2.75, 3.05) is 35.4 Å². The number of hydrogen-bond donors (Lipinski definition) is 2. The second kappa shape index (κ2) is 10.3. The number of benzene rings is 2. The van der Waals surface area contributed by atoms with E-state index in [2.05, 4.69) is 32.9 Å². The van der Waals surface area contributed by atoms with E-state index in [0.717, 1.165) is 61.3 Å². The molecule has 2 N–H and O–H groups in total. The highest BCUT2D eigenvalue weighted by atomic mass is 35.5. The Balaban J connectivity index is 1.17. The highest BCUT2D eigenvalue weighted by Crippen LogP contribution is 2.45. The first-order valence-electron chi connectivity index (χ1n) is 13.9. The van der Waals surface area contributed by atoms with Gasteiger partial charge >= 0.3 is 0 Å². The van der Waals surface area contributed by atoms with Crippen LogP contribution in [0.4, 0.5) is 17.3 Å². The van der Waals surface area contributed by atoms with Crippen LogP contribution in [0.15, 0.2) is 71.7 Å². The molecule has 2 aliphatic heterocycles. The number of rotatable bonds is 5. The number of hydrogen-bond acceptors (Lipinski definition) is 7. The highest BCUT2D eigenvalue weighted by Gasteiger charge is 2.43. The summed E-state index contributed by atoms with van der Waals surface area (Å²) in [5.41, 5.74) is 7.79. The molecule has 1 fully saturated rings. The van der Waals surface area contributed by atoms with Crippen LogP contribution in [0, 0.1) is 0 Å². The maximum atomic E-state index is 13.7. The van der Waals surface area contributed by atoms with Crippen molar-refractivity contribution in [2.24, 2.45) is 0 Å². The molecular formula is C31H29ClN6O3. The van der Waals surface area contributed by atoms with Crippen LogP contribution in [0.2, 0.25) is 5.15 Å². The van der Waals surface area contributed by atoms with Crippen LogP contribution in [0.5, 0.6) is 0 Å². The van der Waals surface area contributed by atoms with E-state index < -0.39 is 0 Å². The summed E-state index contributed by atoms with van der Waals surface area (Å²) in [5, 5.41) is 3.21. The van der Waals surface area contributed by atoms with Crippen LogP contribution in [0.3, 0.4) is 0 Å². The molecule has 2 aromatic carbocycles. The van der Waals surface area contributed by atoms with Gasteiger partial charge in [-0.15, -0.1) is 0 Å².